The first-order valence-corrected chi connectivity index (χ1v) is 6.30. The summed E-state index contributed by atoms with van der Waals surface area (Å²) in [5.74, 6) is 0. The van der Waals surface area contributed by atoms with E-state index in [9.17, 15) is 4.79 Å². The number of urea groups is 1. The molecule has 0 aliphatic carbocycles. The standard InChI is InChI=1S/C12H16Cl2N2O/c1-3-16(4-2)12(17)15-8-9-5-6-10(13)7-11(9)14/h5-7H,3-4,8H2,1-2H3,(H,15,17). The maximum atomic E-state index is 11.7. The molecule has 0 atom stereocenters. The molecule has 17 heavy (non-hydrogen) atoms. The van der Waals surface area contributed by atoms with Crippen molar-refractivity contribution in [2.24, 2.45) is 0 Å². The fourth-order valence-electron chi connectivity index (χ4n) is 1.46. The molecule has 0 aromatic heterocycles. The second-order valence-corrected chi connectivity index (χ2v) is 4.41. The highest BCUT2D eigenvalue weighted by atomic mass is 35.5. The molecule has 0 aliphatic heterocycles. The fourth-order valence-corrected chi connectivity index (χ4v) is 1.93. The third-order valence-corrected chi connectivity index (χ3v) is 3.08. The van der Waals surface area contributed by atoms with Gasteiger partial charge in [0.15, 0.2) is 0 Å². The zero-order chi connectivity index (χ0) is 12.8. The molecular weight excluding hydrogens is 259 g/mol. The van der Waals surface area contributed by atoms with Crippen molar-refractivity contribution in [3.63, 3.8) is 0 Å². The van der Waals surface area contributed by atoms with Gasteiger partial charge in [0, 0.05) is 29.7 Å². The summed E-state index contributed by atoms with van der Waals surface area (Å²) >= 11 is 11.8. The van der Waals surface area contributed by atoms with Crippen LogP contribution in [0.5, 0.6) is 0 Å². The Morgan fingerprint density at radius 1 is 1.29 bits per heavy atom. The third-order valence-electron chi connectivity index (χ3n) is 2.50. The minimum Gasteiger partial charge on any atom is -0.334 e. The zero-order valence-electron chi connectivity index (χ0n) is 9.96. The van der Waals surface area contributed by atoms with E-state index in [1.807, 2.05) is 19.9 Å². The van der Waals surface area contributed by atoms with Crippen LogP contribution in [0.2, 0.25) is 10.0 Å². The molecule has 0 unspecified atom stereocenters. The monoisotopic (exact) mass is 274 g/mol. The molecule has 0 radical (unpaired) electrons. The summed E-state index contributed by atoms with van der Waals surface area (Å²) in [4.78, 5) is 13.4. The number of halogens is 2. The second-order valence-electron chi connectivity index (χ2n) is 3.57. The molecule has 0 heterocycles. The van der Waals surface area contributed by atoms with Crippen molar-refractivity contribution in [1.29, 1.82) is 0 Å². The highest BCUT2D eigenvalue weighted by Gasteiger charge is 2.09. The second kappa shape index (κ2) is 6.72. The minimum atomic E-state index is -0.0824. The van der Waals surface area contributed by atoms with Gasteiger partial charge >= 0.3 is 6.03 Å². The summed E-state index contributed by atoms with van der Waals surface area (Å²) in [7, 11) is 0. The third kappa shape index (κ3) is 4.10. The Labute approximate surface area is 112 Å². The lowest BCUT2D eigenvalue weighted by atomic mass is 10.2. The van der Waals surface area contributed by atoms with Gasteiger partial charge in [-0.1, -0.05) is 29.3 Å². The van der Waals surface area contributed by atoms with Crippen molar-refractivity contribution in [1.82, 2.24) is 10.2 Å². The first kappa shape index (κ1) is 14.1. The molecule has 0 spiro atoms. The summed E-state index contributed by atoms with van der Waals surface area (Å²) < 4.78 is 0. The van der Waals surface area contributed by atoms with Crippen LogP contribution in [0.15, 0.2) is 18.2 Å². The number of carbonyl (C=O) groups excluding carboxylic acids is 1. The van der Waals surface area contributed by atoms with Crippen molar-refractivity contribution in [3.05, 3.63) is 33.8 Å². The van der Waals surface area contributed by atoms with E-state index in [-0.39, 0.29) is 6.03 Å². The van der Waals surface area contributed by atoms with Crippen molar-refractivity contribution in [2.45, 2.75) is 20.4 Å². The quantitative estimate of drug-likeness (QED) is 0.895. The Kier molecular flexibility index (Phi) is 5.59. The van der Waals surface area contributed by atoms with E-state index in [1.54, 1.807) is 17.0 Å². The van der Waals surface area contributed by atoms with E-state index >= 15 is 0 Å². The number of rotatable bonds is 4. The average Bonchev–Trinajstić information content (AvgIpc) is 2.29. The SMILES string of the molecule is CCN(CC)C(=O)NCc1ccc(Cl)cc1Cl. The number of hydrogen-bond donors (Lipinski definition) is 1. The van der Waals surface area contributed by atoms with Crippen molar-refractivity contribution in [3.8, 4) is 0 Å². The number of nitrogens with zero attached hydrogens (tertiary/aromatic N) is 1. The van der Waals surface area contributed by atoms with Gasteiger partial charge in [0.25, 0.3) is 0 Å². The number of nitrogens with one attached hydrogen (secondary N) is 1. The van der Waals surface area contributed by atoms with Crippen LogP contribution in [-0.2, 0) is 6.54 Å². The van der Waals surface area contributed by atoms with Crippen LogP contribution in [0, 0.1) is 0 Å². The van der Waals surface area contributed by atoms with E-state index in [4.69, 9.17) is 23.2 Å². The maximum absolute atomic E-state index is 11.7. The summed E-state index contributed by atoms with van der Waals surface area (Å²) in [6.45, 7) is 5.68. The van der Waals surface area contributed by atoms with Gasteiger partial charge in [-0.3, -0.25) is 0 Å². The Morgan fingerprint density at radius 3 is 2.47 bits per heavy atom. The number of amides is 2. The predicted molar refractivity (Wildman–Crippen MR) is 71.6 cm³/mol. The van der Waals surface area contributed by atoms with Gasteiger partial charge in [-0.2, -0.15) is 0 Å². The average molecular weight is 275 g/mol. The molecule has 1 aromatic carbocycles. The Morgan fingerprint density at radius 2 is 1.94 bits per heavy atom. The van der Waals surface area contributed by atoms with Crippen molar-refractivity contribution in [2.75, 3.05) is 13.1 Å². The molecule has 0 fully saturated rings. The Balaban J connectivity index is 2.58. The molecule has 1 aromatic rings. The molecule has 3 nitrogen and oxygen atoms in total. The van der Waals surface area contributed by atoms with Crippen molar-refractivity contribution >= 4 is 29.2 Å². The maximum Gasteiger partial charge on any atom is 0.317 e. The largest absolute Gasteiger partial charge is 0.334 e. The van der Waals surface area contributed by atoms with Crippen LogP contribution in [0.3, 0.4) is 0 Å². The van der Waals surface area contributed by atoms with Crippen LogP contribution in [0.1, 0.15) is 19.4 Å². The molecule has 0 saturated carbocycles. The van der Waals surface area contributed by atoms with E-state index in [0.717, 1.165) is 5.56 Å². The Hall–Kier alpha value is -0.930. The molecule has 5 heteroatoms. The molecule has 0 saturated heterocycles. The molecule has 0 bridgehead atoms. The van der Waals surface area contributed by atoms with Gasteiger partial charge in [0.2, 0.25) is 0 Å². The minimum absolute atomic E-state index is 0.0824. The lowest BCUT2D eigenvalue weighted by Crippen LogP contribution is -2.39. The Bertz CT molecular complexity index is 392. The molecule has 0 aliphatic rings. The molecule has 1 N–H and O–H groups in total. The van der Waals surface area contributed by atoms with Gasteiger partial charge in [-0.05, 0) is 31.5 Å². The van der Waals surface area contributed by atoms with Gasteiger partial charge < -0.3 is 10.2 Å². The number of benzene rings is 1. The van der Waals surface area contributed by atoms with Gasteiger partial charge in [0.1, 0.15) is 0 Å². The van der Waals surface area contributed by atoms with E-state index in [1.165, 1.54) is 0 Å². The summed E-state index contributed by atoms with van der Waals surface area (Å²) in [5, 5.41) is 3.98. The molecule has 94 valence electrons. The highest BCUT2D eigenvalue weighted by molar-refractivity contribution is 6.35. The number of carbonyl (C=O) groups is 1. The fraction of sp³-hybridized carbons (Fsp3) is 0.417. The normalized spacial score (nSPS) is 10.1. The lowest BCUT2D eigenvalue weighted by molar-refractivity contribution is 0.203. The molecular formula is C12H16Cl2N2O. The van der Waals surface area contributed by atoms with Crippen LogP contribution >= 0.6 is 23.2 Å². The zero-order valence-corrected chi connectivity index (χ0v) is 11.5. The van der Waals surface area contributed by atoms with Crippen LogP contribution in [0.4, 0.5) is 4.79 Å². The van der Waals surface area contributed by atoms with E-state index < -0.39 is 0 Å². The smallest absolute Gasteiger partial charge is 0.317 e. The van der Waals surface area contributed by atoms with Crippen LogP contribution < -0.4 is 5.32 Å². The molecule has 2 amide bonds. The number of hydrogen-bond acceptors (Lipinski definition) is 1. The van der Waals surface area contributed by atoms with Crippen molar-refractivity contribution < 1.29 is 4.79 Å². The van der Waals surface area contributed by atoms with Gasteiger partial charge in [-0.15, -0.1) is 0 Å². The first-order chi connectivity index (χ1) is 8.08. The molecule has 1 rings (SSSR count). The summed E-state index contributed by atoms with van der Waals surface area (Å²) in [6.07, 6.45) is 0. The van der Waals surface area contributed by atoms with Crippen LogP contribution in [0.25, 0.3) is 0 Å². The lowest BCUT2D eigenvalue weighted by Gasteiger charge is -2.19. The van der Waals surface area contributed by atoms with Gasteiger partial charge in [-0.25, -0.2) is 4.79 Å². The van der Waals surface area contributed by atoms with E-state index in [0.29, 0.717) is 29.7 Å². The topological polar surface area (TPSA) is 32.3 Å². The highest BCUT2D eigenvalue weighted by Crippen LogP contribution is 2.20. The predicted octanol–water partition coefficient (Wildman–Crippen LogP) is 3.54. The summed E-state index contributed by atoms with van der Waals surface area (Å²) in [5.41, 5.74) is 0.858. The van der Waals surface area contributed by atoms with Crippen LogP contribution in [-0.4, -0.2) is 24.0 Å². The first-order valence-electron chi connectivity index (χ1n) is 5.55. The van der Waals surface area contributed by atoms with E-state index in [2.05, 4.69) is 5.32 Å². The summed E-state index contributed by atoms with van der Waals surface area (Å²) in [6, 6.07) is 5.16. The van der Waals surface area contributed by atoms with Gasteiger partial charge in [0.05, 0.1) is 0 Å².